The third-order valence-corrected chi connectivity index (χ3v) is 3.34. The fourth-order valence-electron chi connectivity index (χ4n) is 2.25. The van der Waals surface area contributed by atoms with E-state index in [9.17, 15) is 19.5 Å². The van der Waals surface area contributed by atoms with Crippen molar-refractivity contribution in [3.63, 3.8) is 0 Å². The van der Waals surface area contributed by atoms with Gasteiger partial charge in [0.1, 0.15) is 5.78 Å². The van der Waals surface area contributed by atoms with Crippen LogP contribution in [0, 0.1) is 0 Å². The summed E-state index contributed by atoms with van der Waals surface area (Å²) in [5.41, 5.74) is -0.737. The average molecular weight is 288 g/mol. The second-order valence-electron chi connectivity index (χ2n) is 4.73. The molecule has 0 saturated carbocycles. The lowest BCUT2D eigenvalue weighted by Crippen LogP contribution is -2.27. The summed E-state index contributed by atoms with van der Waals surface area (Å²) in [6, 6.07) is 8.94. The van der Waals surface area contributed by atoms with Gasteiger partial charge in [-0.3, -0.25) is 19.6 Å². The maximum atomic E-state index is 12.0. The number of carbonyl (C=O) groups is 1. The summed E-state index contributed by atoms with van der Waals surface area (Å²) in [7, 11) is 0. The summed E-state index contributed by atoms with van der Waals surface area (Å²) in [5.74, 6) is -1.13. The van der Waals surface area contributed by atoms with E-state index in [-0.39, 0.29) is 17.8 Å². The van der Waals surface area contributed by atoms with Gasteiger partial charge >= 0.3 is 5.69 Å². The maximum absolute atomic E-state index is 12.0. The monoisotopic (exact) mass is 288 g/mol. The first-order chi connectivity index (χ1) is 10.0. The molecule has 6 heteroatoms. The molecule has 2 aromatic rings. The second-order valence-corrected chi connectivity index (χ2v) is 4.73. The molecule has 0 radical (unpaired) electrons. The molecule has 0 aliphatic carbocycles. The molecular formula is C15H16N2O4. The van der Waals surface area contributed by atoms with Crippen molar-refractivity contribution in [2.24, 2.45) is 0 Å². The van der Waals surface area contributed by atoms with Gasteiger partial charge in [0.2, 0.25) is 5.88 Å². The smallest absolute Gasteiger partial charge is 0.328 e. The molecule has 21 heavy (non-hydrogen) atoms. The molecule has 1 atom stereocenters. The highest BCUT2D eigenvalue weighted by atomic mass is 16.3. The first kappa shape index (κ1) is 14.8. The van der Waals surface area contributed by atoms with Gasteiger partial charge in [0.25, 0.3) is 5.56 Å². The molecule has 0 unspecified atom stereocenters. The van der Waals surface area contributed by atoms with Crippen molar-refractivity contribution in [2.75, 3.05) is 0 Å². The van der Waals surface area contributed by atoms with E-state index >= 15 is 0 Å². The molecule has 0 spiro atoms. The summed E-state index contributed by atoms with van der Waals surface area (Å²) in [5, 5.41) is 9.90. The Labute approximate surface area is 120 Å². The number of Topliss-reactive ketones (excluding diaryl/α,β-unsaturated/α-hetero) is 1. The zero-order valence-corrected chi connectivity index (χ0v) is 11.6. The van der Waals surface area contributed by atoms with Gasteiger partial charge in [-0.05, 0) is 5.56 Å². The number of aromatic amines is 2. The third kappa shape index (κ3) is 3.28. The minimum absolute atomic E-state index is 0.00241. The van der Waals surface area contributed by atoms with Crippen LogP contribution in [-0.4, -0.2) is 20.9 Å². The number of rotatable bonds is 5. The molecule has 0 saturated heterocycles. The molecule has 6 nitrogen and oxygen atoms in total. The number of benzene rings is 1. The fraction of sp³-hybridized carbons (Fsp3) is 0.267. The fourth-order valence-corrected chi connectivity index (χ4v) is 2.25. The summed E-state index contributed by atoms with van der Waals surface area (Å²) in [6.45, 7) is 1.74. The minimum Gasteiger partial charge on any atom is -0.494 e. The molecule has 0 amide bonds. The Morgan fingerprint density at radius 1 is 1.19 bits per heavy atom. The van der Waals surface area contributed by atoms with E-state index in [1.165, 1.54) is 0 Å². The minimum atomic E-state index is -0.783. The molecule has 1 heterocycles. The number of aromatic hydroxyl groups is 1. The van der Waals surface area contributed by atoms with Crippen LogP contribution in [-0.2, 0) is 4.79 Å². The van der Waals surface area contributed by atoms with Crippen LogP contribution in [0.4, 0.5) is 0 Å². The van der Waals surface area contributed by atoms with E-state index in [0.29, 0.717) is 6.42 Å². The Hall–Kier alpha value is -2.63. The van der Waals surface area contributed by atoms with Crippen LogP contribution in [0.15, 0.2) is 39.9 Å². The lowest BCUT2D eigenvalue weighted by Gasteiger charge is -2.16. The van der Waals surface area contributed by atoms with E-state index < -0.39 is 23.0 Å². The van der Waals surface area contributed by atoms with Gasteiger partial charge in [0.05, 0.1) is 5.56 Å². The van der Waals surface area contributed by atoms with Crippen molar-refractivity contribution in [1.29, 1.82) is 0 Å². The van der Waals surface area contributed by atoms with Gasteiger partial charge in [-0.2, -0.15) is 0 Å². The van der Waals surface area contributed by atoms with E-state index in [4.69, 9.17) is 0 Å². The van der Waals surface area contributed by atoms with Gasteiger partial charge in [-0.15, -0.1) is 0 Å². The van der Waals surface area contributed by atoms with Crippen LogP contribution in [0.2, 0.25) is 0 Å². The molecule has 1 aromatic carbocycles. The SMILES string of the molecule is CCC(=O)C[C@H](c1ccccc1)c1c(O)[nH]c(=O)[nH]c1=O. The van der Waals surface area contributed by atoms with Gasteiger partial charge in [-0.25, -0.2) is 4.79 Å². The zero-order chi connectivity index (χ0) is 15.4. The van der Waals surface area contributed by atoms with Gasteiger partial charge in [0, 0.05) is 18.8 Å². The Balaban J connectivity index is 2.58. The Morgan fingerprint density at radius 2 is 1.86 bits per heavy atom. The van der Waals surface area contributed by atoms with E-state index in [1.807, 2.05) is 6.07 Å². The van der Waals surface area contributed by atoms with E-state index in [2.05, 4.69) is 9.97 Å². The highest BCUT2D eigenvalue weighted by Crippen LogP contribution is 2.30. The summed E-state index contributed by atoms with van der Waals surface area (Å²) in [4.78, 5) is 39.2. The normalized spacial score (nSPS) is 12.0. The van der Waals surface area contributed by atoms with Crippen molar-refractivity contribution in [3.8, 4) is 5.88 Å². The van der Waals surface area contributed by atoms with E-state index in [0.717, 1.165) is 5.56 Å². The largest absolute Gasteiger partial charge is 0.494 e. The Kier molecular flexibility index (Phi) is 4.37. The summed E-state index contributed by atoms with van der Waals surface area (Å²) in [6.07, 6.45) is 0.425. The van der Waals surface area contributed by atoms with Crippen LogP contribution in [0.3, 0.4) is 0 Å². The quantitative estimate of drug-likeness (QED) is 0.770. The standard InChI is InChI=1S/C15H16N2O4/c1-2-10(18)8-11(9-6-4-3-5-7-9)12-13(19)16-15(21)17-14(12)20/h3-7,11H,2,8H2,1H3,(H3,16,17,19,20,21)/t11-/m1/s1. The number of H-pyrrole nitrogens is 2. The topological polar surface area (TPSA) is 103 Å². The molecule has 0 aliphatic rings. The summed E-state index contributed by atoms with van der Waals surface area (Å²) >= 11 is 0. The van der Waals surface area contributed by atoms with Gasteiger partial charge in [-0.1, -0.05) is 37.3 Å². The molecule has 1 aromatic heterocycles. The van der Waals surface area contributed by atoms with Crippen LogP contribution in [0.5, 0.6) is 5.88 Å². The second kappa shape index (κ2) is 6.21. The number of carbonyl (C=O) groups excluding carboxylic acids is 1. The van der Waals surface area contributed by atoms with Crippen molar-refractivity contribution in [3.05, 3.63) is 62.3 Å². The maximum Gasteiger partial charge on any atom is 0.328 e. The molecule has 0 aliphatic heterocycles. The number of aromatic nitrogens is 2. The predicted molar refractivity (Wildman–Crippen MR) is 77.5 cm³/mol. The Bertz CT molecular complexity index is 746. The Morgan fingerprint density at radius 3 is 2.43 bits per heavy atom. The van der Waals surface area contributed by atoms with Crippen molar-refractivity contribution < 1.29 is 9.90 Å². The van der Waals surface area contributed by atoms with Crippen LogP contribution in [0.25, 0.3) is 0 Å². The van der Waals surface area contributed by atoms with Crippen molar-refractivity contribution in [1.82, 2.24) is 9.97 Å². The average Bonchev–Trinajstić information content (AvgIpc) is 2.46. The highest BCUT2D eigenvalue weighted by molar-refractivity contribution is 5.79. The number of hydrogen-bond acceptors (Lipinski definition) is 4. The predicted octanol–water partition coefficient (Wildman–Crippen LogP) is 1.27. The molecule has 0 bridgehead atoms. The zero-order valence-electron chi connectivity index (χ0n) is 11.6. The van der Waals surface area contributed by atoms with Crippen LogP contribution < -0.4 is 11.2 Å². The highest BCUT2D eigenvalue weighted by Gasteiger charge is 2.24. The molecule has 3 N–H and O–H groups in total. The molecule has 2 rings (SSSR count). The first-order valence-corrected chi connectivity index (χ1v) is 6.65. The lowest BCUT2D eigenvalue weighted by atomic mass is 9.87. The van der Waals surface area contributed by atoms with Crippen molar-refractivity contribution in [2.45, 2.75) is 25.7 Å². The lowest BCUT2D eigenvalue weighted by molar-refractivity contribution is -0.118. The van der Waals surface area contributed by atoms with Crippen LogP contribution in [0.1, 0.15) is 36.8 Å². The third-order valence-electron chi connectivity index (χ3n) is 3.34. The molecule has 110 valence electrons. The molecule has 0 fully saturated rings. The van der Waals surface area contributed by atoms with E-state index in [1.54, 1.807) is 31.2 Å². The number of hydrogen-bond donors (Lipinski definition) is 3. The van der Waals surface area contributed by atoms with Crippen LogP contribution >= 0.6 is 0 Å². The van der Waals surface area contributed by atoms with Crippen molar-refractivity contribution >= 4 is 5.78 Å². The summed E-state index contributed by atoms with van der Waals surface area (Å²) < 4.78 is 0. The van der Waals surface area contributed by atoms with Gasteiger partial charge in [0.15, 0.2) is 0 Å². The number of nitrogens with one attached hydrogen (secondary N) is 2. The number of ketones is 1. The first-order valence-electron chi connectivity index (χ1n) is 6.65. The molecular weight excluding hydrogens is 272 g/mol. The van der Waals surface area contributed by atoms with Gasteiger partial charge < -0.3 is 5.11 Å².